The Morgan fingerprint density at radius 2 is 1.76 bits per heavy atom. The molecule has 0 heterocycles. The lowest BCUT2D eigenvalue weighted by Crippen LogP contribution is -2.45. The van der Waals surface area contributed by atoms with Gasteiger partial charge in [0.05, 0.1) is 21.1 Å². The van der Waals surface area contributed by atoms with Crippen LogP contribution in [0.1, 0.15) is 27.2 Å². The van der Waals surface area contributed by atoms with Gasteiger partial charge < -0.3 is 14.5 Å². The van der Waals surface area contributed by atoms with Crippen LogP contribution in [-0.2, 0) is 9.53 Å². The highest BCUT2D eigenvalue weighted by Crippen LogP contribution is 2.06. The van der Waals surface area contributed by atoms with Gasteiger partial charge in [-0.15, -0.1) is 0 Å². The number of ether oxygens (including phenoxy) is 1. The predicted molar refractivity (Wildman–Crippen MR) is 66.7 cm³/mol. The summed E-state index contributed by atoms with van der Waals surface area (Å²) in [5.74, 6) is 0.0285. The molecule has 17 heavy (non-hydrogen) atoms. The highest BCUT2D eigenvalue weighted by molar-refractivity contribution is 5.76. The molecule has 0 aromatic carbocycles. The van der Waals surface area contributed by atoms with Crippen molar-refractivity contribution in [3.05, 3.63) is 0 Å². The van der Waals surface area contributed by atoms with E-state index < -0.39 is 6.09 Å². The van der Waals surface area contributed by atoms with E-state index in [4.69, 9.17) is 4.74 Å². The van der Waals surface area contributed by atoms with Gasteiger partial charge in [-0.1, -0.05) is 0 Å². The zero-order valence-corrected chi connectivity index (χ0v) is 11.7. The minimum atomic E-state index is -0.459. The zero-order valence-electron chi connectivity index (χ0n) is 11.7. The lowest BCUT2D eigenvalue weighted by molar-refractivity contribution is -0.873. The zero-order chi connectivity index (χ0) is 13.6. The van der Waals surface area contributed by atoms with Gasteiger partial charge in [-0.2, -0.15) is 0 Å². The lowest BCUT2D eigenvalue weighted by Gasteiger charge is -2.28. The number of hydrogen-bond acceptors (Lipinski definition) is 3. The molecule has 5 nitrogen and oxygen atoms in total. The Morgan fingerprint density at radius 1 is 1.24 bits per heavy atom. The molecule has 0 saturated heterocycles. The summed E-state index contributed by atoms with van der Waals surface area (Å²) >= 11 is 0. The van der Waals surface area contributed by atoms with Gasteiger partial charge in [0.15, 0.2) is 6.10 Å². The van der Waals surface area contributed by atoms with Crippen molar-refractivity contribution in [2.75, 3.05) is 27.7 Å². The number of carbonyl (C=O) groups is 2. The minimum absolute atomic E-state index is 0.0285. The third-order valence-corrected chi connectivity index (χ3v) is 1.95. The second-order valence-electron chi connectivity index (χ2n) is 5.71. The smallest absolute Gasteiger partial charge is 0.407 e. The van der Waals surface area contributed by atoms with E-state index in [2.05, 4.69) is 5.32 Å². The lowest BCUT2D eigenvalue weighted by atomic mass is 10.2. The number of carbonyl (C=O) groups excluding carboxylic acids is 2. The van der Waals surface area contributed by atoms with Crippen molar-refractivity contribution in [3.63, 3.8) is 0 Å². The third-order valence-electron chi connectivity index (χ3n) is 1.95. The van der Waals surface area contributed by atoms with Crippen LogP contribution in [0.5, 0.6) is 0 Å². The Morgan fingerprint density at radius 3 is 2.12 bits per heavy atom. The van der Waals surface area contributed by atoms with Crippen molar-refractivity contribution < 1.29 is 18.8 Å². The number of rotatable bonds is 6. The van der Waals surface area contributed by atoms with Gasteiger partial charge in [0.1, 0.15) is 12.3 Å². The molecule has 0 aromatic heterocycles. The summed E-state index contributed by atoms with van der Waals surface area (Å²) in [5, 5.41) is 2.65. The van der Waals surface area contributed by atoms with E-state index in [0.29, 0.717) is 11.0 Å². The summed E-state index contributed by atoms with van der Waals surface area (Å²) in [6.45, 7) is 5.85. The first-order valence-corrected chi connectivity index (χ1v) is 5.87. The van der Waals surface area contributed by atoms with Gasteiger partial charge in [0.25, 0.3) is 0 Å². The number of amides is 1. The molecular formula is C12H25N2O3+. The highest BCUT2D eigenvalue weighted by Gasteiger charge is 2.23. The van der Waals surface area contributed by atoms with Crippen LogP contribution >= 0.6 is 0 Å². The van der Waals surface area contributed by atoms with Crippen LogP contribution < -0.4 is 5.32 Å². The van der Waals surface area contributed by atoms with E-state index in [1.54, 1.807) is 0 Å². The van der Waals surface area contributed by atoms with Crippen LogP contribution in [-0.4, -0.2) is 56.2 Å². The topological polar surface area (TPSA) is 55.4 Å². The molecular weight excluding hydrogens is 220 g/mol. The van der Waals surface area contributed by atoms with E-state index in [1.807, 2.05) is 35.0 Å². The highest BCUT2D eigenvalue weighted by atomic mass is 16.6. The average Bonchev–Trinajstić information content (AvgIpc) is 1.95. The van der Waals surface area contributed by atoms with Crippen molar-refractivity contribution in [1.29, 1.82) is 0 Å². The molecule has 0 aliphatic carbocycles. The van der Waals surface area contributed by atoms with Gasteiger partial charge in [-0.25, -0.2) is 4.79 Å². The fourth-order valence-electron chi connectivity index (χ4n) is 1.50. The van der Waals surface area contributed by atoms with Crippen LogP contribution in [0.15, 0.2) is 0 Å². The van der Waals surface area contributed by atoms with Gasteiger partial charge in [-0.05, 0) is 20.8 Å². The summed E-state index contributed by atoms with van der Waals surface area (Å²) in [6.07, 6.45) is -0.563. The molecule has 5 heteroatoms. The second-order valence-corrected chi connectivity index (χ2v) is 5.71. The first-order chi connectivity index (χ1) is 7.60. The van der Waals surface area contributed by atoms with Crippen molar-refractivity contribution in [1.82, 2.24) is 5.32 Å². The quantitative estimate of drug-likeness (QED) is 0.715. The van der Waals surface area contributed by atoms with Crippen LogP contribution in [0.3, 0.4) is 0 Å². The SMILES string of the molecule is CC(=O)C[C@@H](C[N+](C)(C)C)OC(=O)NC(C)C. The maximum Gasteiger partial charge on any atom is 0.407 e. The summed E-state index contributed by atoms with van der Waals surface area (Å²) in [6, 6.07) is 0.0320. The Bertz CT molecular complexity index is 269. The normalized spacial score (nSPS) is 13.4. The molecule has 0 aliphatic heterocycles. The Kier molecular flexibility index (Phi) is 6.16. The molecule has 0 spiro atoms. The minimum Gasteiger partial charge on any atom is -0.440 e. The van der Waals surface area contributed by atoms with E-state index in [-0.39, 0.29) is 24.3 Å². The maximum absolute atomic E-state index is 11.5. The molecule has 0 aromatic rings. The predicted octanol–water partition coefficient (Wildman–Crippen LogP) is 1.17. The molecule has 0 saturated carbocycles. The van der Waals surface area contributed by atoms with Crippen LogP contribution in [0.25, 0.3) is 0 Å². The van der Waals surface area contributed by atoms with Gasteiger partial charge >= 0.3 is 6.09 Å². The fourth-order valence-corrected chi connectivity index (χ4v) is 1.50. The maximum atomic E-state index is 11.5. The molecule has 100 valence electrons. The largest absolute Gasteiger partial charge is 0.440 e. The van der Waals surface area contributed by atoms with E-state index >= 15 is 0 Å². The molecule has 0 aliphatic rings. The molecule has 0 bridgehead atoms. The summed E-state index contributed by atoms with van der Waals surface area (Å²) in [7, 11) is 5.99. The van der Waals surface area contributed by atoms with Crippen molar-refractivity contribution >= 4 is 11.9 Å². The number of likely N-dealkylation sites (N-methyl/N-ethyl adjacent to an activating group) is 1. The summed E-state index contributed by atoms with van der Waals surface area (Å²) in [4.78, 5) is 22.6. The first kappa shape index (κ1) is 15.9. The number of hydrogen-bond donors (Lipinski definition) is 1. The first-order valence-electron chi connectivity index (χ1n) is 5.87. The van der Waals surface area contributed by atoms with Crippen molar-refractivity contribution in [3.8, 4) is 0 Å². The Labute approximate surface area is 104 Å². The monoisotopic (exact) mass is 245 g/mol. The second kappa shape index (κ2) is 6.59. The molecule has 0 fully saturated rings. The fraction of sp³-hybridized carbons (Fsp3) is 0.833. The number of Topliss-reactive ketones (excluding diaryl/α,β-unsaturated/α-hetero) is 1. The number of ketones is 1. The number of nitrogens with one attached hydrogen (secondary N) is 1. The summed E-state index contributed by atoms with van der Waals surface area (Å²) < 4.78 is 5.91. The molecule has 1 atom stereocenters. The van der Waals surface area contributed by atoms with Crippen LogP contribution in [0, 0.1) is 0 Å². The van der Waals surface area contributed by atoms with E-state index in [9.17, 15) is 9.59 Å². The third kappa shape index (κ3) is 9.81. The molecule has 1 amide bonds. The van der Waals surface area contributed by atoms with Crippen LogP contribution in [0.4, 0.5) is 4.79 Å². The molecule has 0 unspecified atom stereocenters. The molecule has 0 radical (unpaired) electrons. The standard InChI is InChI=1S/C12H24N2O3/c1-9(2)13-12(16)17-11(7-10(3)15)8-14(4,5)6/h9,11H,7-8H2,1-6H3/p+1/t11-/m0/s1. The summed E-state index contributed by atoms with van der Waals surface area (Å²) in [5.41, 5.74) is 0. The van der Waals surface area contributed by atoms with E-state index in [0.717, 1.165) is 0 Å². The molecule has 0 rings (SSSR count). The van der Waals surface area contributed by atoms with E-state index in [1.165, 1.54) is 6.92 Å². The average molecular weight is 245 g/mol. The Balaban J connectivity index is 4.38. The number of alkyl carbamates (subject to hydrolysis) is 1. The van der Waals surface area contributed by atoms with Crippen molar-refractivity contribution in [2.24, 2.45) is 0 Å². The number of nitrogens with zero attached hydrogens (tertiary/aromatic N) is 1. The number of quaternary nitrogens is 1. The van der Waals surface area contributed by atoms with Gasteiger partial charge in [-0.3, -0.25) is 4.79 Å². The Hall–Kier alpha value is -1.10. The molecule has 1 N–H and O–H groups in total. The van der Waals surface area contributed by atoms with Gasteiger partial charge in [0.2, 0.25) is 0 Å². The van der Waals surface area contributed by atoms with Crippen LogP contribution in [0.2, 0.25) is 0 Å². The van der Waals surface area contributed by atoms with Crippen molar-refractivity contribution in [2.45, 2.75) is 39.3 Å². The van der Waals surface area contributed by atoms with Gasteiger partial charge in [0, 0.05) is 12.5 Å².